The van der Waals surface area contributed by atoms with Gasteiger partial charge in [-0.3, -0.25) is 9.36 Å². The molecular formula is C21H19N5O2. The maximum atomic E-state index is 12.4. The van der Waals surface area contributed by atoms with E-state index in [4.69, 9.17) is 11.5 Å². The zero-order valence-electron chi connectivity index (χ0n) is 15.0. The van der Waals surface area contributed by atoms with Crippen molar-refractivity contribution < 1.29 is 4.79 Å². The molecule has 1 heterocycles. The standard InChI is InChI=1S/C21H19N5O2/c22-15-9-10-19-18(11-15)25-21(28)26(19)12-13-5-7-14(8-6-13)20(27)24-17-4-2-1-3-16(17)23/h1-11H,12,22-23H2,(H,24,27)(H,25,28). The van der Waals surface area contributed by atoms with E-state index in [0.717, 1.165) is 11.1 Å². The number of nitrogens with zero attached hydrogens (tertiary/aromatic N) is 1. The molecule has 0 bridgehead atoms. The van der Waals surface area contributed by atoms with Gasteiger partial charge in [0.15, 0.2) is 0 Å². The smallest absolute Gasteiger partial charge is 0.326 e. The second-order valence-electron chi connectivity index (χ2n) is 6.53. The Morgan fingerprint density at radius 1 is 1.00 bits per heavy atom. The van der Waals surface area contributed by atoms with E-state index >= 15 is 0 Å². The van der Waals surface area contributed by atoms with Gasteiger partial charge in [0.05, 0.1) is 29.0 Å². The van der Waals surface area contributed by atoms with E-state index in [0.29, 0.717) is 34.7 Å². The van der Waals surface area contributed by atoms with Crippen molar-refractivity contribution >= 4 is 34.0 Å². The molecule has 3 aromatic carbocycles. The monoisotopic (exact) mass is 373 g/mol. The number of aromatic amines is 1. The maximum Gasteiger partial charge on any atom is 0.326 e. The summed E-state index contributed by atoms with van der Waals surface area (Å²) in [6.45, 7) is 0.385. The predicted molar refractivity (Wildman–Crippen MR) is 111 cm³/mol. The first kappa shape index (κ1) is 17.4. The Labute approximate surface area is 160 Å². The number of anilines is 3. The van der Waals surface area contributed by atoms with Crippen LogP contribution in [0.15, 0.2) is 71.5 Å². The van der Waals surface area contributed by atoms with Crippen molar-refractivity contribution in [3.63, 3.8) is 0 Å². The van der Waals surface area contributed by atoms with Crippen LogP contribution in [0.2, 0.25) is 0 Å². The van der Waals surface area contributed by atoms with Gasteiger partial charge in [0.25, 0.3) is 5.91 Å². The number of carbonyl (C=O) groups is 1. The summed E-state index contributed by atoms with van der Waals surface area (Å²) in [6, 6.07) is 19.5. The zero-order valence-corrected chi connectivity index (χ0v) is 15.0. The summed E-state index contributed by atoms with van der Waals surface area (Å²) in [6.07, 6.45) is 0. The normalized spacial score (nSPS) is 10.9. The number of imidazole rings is 1. The maximum absolute atomic E-state index is 12.4. The number of hydrogen-bond donors (Lipinski definition) is 4. The van der Waals surface area contributed by atoms with Crippen molar-refractivity contribution in [1.82, 2.24) is 9.55 Å². The van der Waals surface area contributed by atoms with Crippen LogP contribution in [0.3, 0.4) is 0 Å². The summed E-state index contributed by atoms with van der Waals surface area (Å²) in [5.41, 5.74) is 16.0. The second kappa shape index (κ2) is 6.96. The summed E-state index contributed by atoms with van der Waals surface area (Å²) in [5, 5.41) is 2.79. The summed E-state index contributed by atoms with van der Waals surface area (Å²) in [5.74, 6) is -0.246. The van der Waals surface area contributed by atoms with Gasteiger partial charge >= 0.3 is 5.69 Å². The van der Waals surface area contributed by atoms with Crippen LogP contribution in [0, 0.1) is 0 Å². The number of rotatable bonds is 4. The molecule has 7 heteroatoms. The second-order valence-corrected chi connectivity index (χ2v) is 6.53. The van der Waals surface area contributed by atoms with Crippen molar-refractivity contribution in [3.05, 3.63) is 88.3 Å². The molecule has 28 heavy (non-hydrogen) atoms. The lowest BCUT2D eigenvalue weighted by Gasteiger charge is -2.09. The minimum absolute atomic E-state index is 0.207. The average molecular weight is 373 g/mol. The molecule has 0 aliphatic rings. The summed E-state index contributed by atoms with van der Waals surface area (Å²) >= 11 is 0. The Kier molecular flexibility index (Phi) is 4.33. The summed E-state index contributed by atoms with van der Waals surface area (Å²) < 4.78 is 1.63. The van der Waals surface area contributed by atoms with Crippen LogP contribution in [-0.4, -0.2) is 15.5 Å². The van der Waals surface area contributed by atoms with Crippen LogP contribution in [0.4, 0.5) is 17.1 Å². The number of fused-ring (bicyclic) bond motifs is 1. The van der Waals surface area contributed by atoms with Gasteiger partial charge < -0.3 is 21.8 Å². The number of nitrogens with one attached hydrogen (secondary N) is 2. The molecule has 4 aromatic rings. The first-order valence-corrected chi connectivity index (χ1v) is 8.74. The van der Waals surface area contributed by atoms with Crippen LogP contribution < -0.4 is 22.5 Å². The van der Waals surface area contributed by atoms with E-state index < -0.39 is 0 Å². The zero-order chi connectivity index (χ0) is 19.7. The Morgan fingerprint density at radius 3 is 2.50 bits per heavy atom. The highest BCUT2D eigenvalue weighted by Gasteiger charge is 2.10. The number of benzene rings is 3. The molecular weight excluding hydrogens is 354 g/mol. The number of hydrogen-bond acceptors (Lipinski definition) is 4. The van der Waals surface area contributed by atoms with E-state index in [9.17, 15) is 9.59 Å². The molecule has 0 atom stereocenters. The van der Waals surface area contributed by atoms with E-state index in [1.807, 2.05) is 24.3 Å². The van der Waals surface area contributed by atoms with Crippen LogP contribution in [0.5, 0.6) is 0 Å². The van der Waals surface area contributed by atoms with Gasteiger partial charge in [-0.2, -0.15) is 0 Å². The topological polar surface area (TPSA) is 119 Å². The third kappa shape index (κ3) is 3.33. The minimum atomic E-state index is -0.246. The number of carbonyl (C=O) groups excluding carboxylic acids is 1. The van der Waals surface area contributed by atoms with E-state index in [1.165, 1.54) is 0 Å². The third-order valence-corrected chi connectivity index (χ3v) is 4.56. The Morgan fingerprint density at radius 2 is 1.75 bits per heavy atom. The highest BCUT2D eigenvalue weighted by Crippen LogP contribution is 2.19. The molecule has 7 nitrogen and oxygen atoms in total. The number of aromatic nitrogens is 2. The van der Waals surface area contributed by atoms with Crippen LogP contribution >= 0.6 is 0 Å². The number of nitrogens with two attached hydrogens (primary N) is 2. The molecule has 4 rings (SSSR count). The molecule has 6 N–H and O–H groups in total. The average Bonchev–Trinajstić information content (AvgIpc) is 2.98. The van der Waals surface area contributed by atoms with Crippen molar-refractivity contribution in [2.45, 2.75) is 6.54 Å². The highest BCUT2D eigenvalue weighted by atomic mass is 16.2. The summed E-state index contributed by atoms with van der Waals surface area (Å²) in [4.78, 5) is 27.5. The van der Waals surface area contributed by atoms with Crippen molar-refractivity contribution in [3.8, 4) is 0 Å². The quantitative estimate of drug-likeness (QED) is 0.411. The predicted octanol–water partition coefficient (Wildman–Crippen LogP) is 2.79. The van der Waals surface area contributed by atoms with Crippen LogP contribution in [0.25, 0.3) is 11.0 Å². The molecule has 0 aliphatic carbocycles. The van der Waals surface area contributed by atoms with E-state index in [-0.39, 0.29) is 11.6 Å². The number of H-pyrrole nitrogens is 1. The molecule has 0 saturated carbocycles. The van der Waals surface area contributed by atoms with E-state index in [2.05, 4.69) is 10.3 Å². The molecule has 0 fully saturated rings. The van der Waals surface area contributed by atoms with Crippen molar-refractivity contribution in [2.24, 2.45) is 0 Å². The minimum Gasteiger partial charge on any atom is -0.399 e. The lowest BCUT2D eigenvalue weighted by molar-refractivity contribution is 0.102. The summed E-state index contributed by atoms with van der Waals surface area (Å²) in [7, 11) is 0. The highest BCUT2D eigenvalue weighted by molar-refractivity contribution is 6.05. The van der Waals surface area contributed by atoms with Gasteiger partial charge in [-0.1, -0.05) is 24.3 Å². The number of para-hydroxylation sites is 2. The molecule has 0 spiro atoms. The Balaban J connectivity index is 1.54. The fourth-order valence-electron chi connectivity index (χ4n) is 3.09. The van der Waals surface area contributed by atoms with Crippen LogP contribution in [0.1, 0.15) is 15.9 Å². The molecule has 1 amide bonds. The number of nitrogen functional groups attached to an aromatic ring is 2. The van der Waals surface area contributed by atoms with Crippen LogP contribution in [-0.2, 0) is 6.54 Å². The lowest BCUT2D eigenvalue weighted by atomic mass is 10.1. The fourth-order valence-corrected chi connectivity index (χ4v) is 3.09. The molecule has 140 valence electrons. The van der Waals surface area contributed by atoms with Gasteiger partial charge in [-0.25, -0.2) is 4.79 Å². The molecule has 0 saturated heterocycles. The van der Waals surface area contributed by atoms with Gasteiger partial charge in [-0.15, -0.1) is 0 Å². The van der Waals surface area contributed by atoms with Gasteiger partial charge in [0, 0.05) is 11.3 Å². The number of amides is 1. The Hall–Kier alpha value is -4.00. The van der Waals surface area contributed by atoms with Crippen molar-refractivity contribution in [1.29, 1.82) is 0 Å². The van der Waals surface area contributed by atoms with Gasteiger partial charge in [-0.05, 0) is 48.0 Å². The first-order valence-electron chi connectivity index (χ1n) is 8.74. The third-order valence-electron chi connectivity index (χ3n) is 4.56. The molecule has 0 radical (unpaired) electrons. The van der Waals surface area contributed by atoms with Crippen molar-refractivity contribution in [2.75, 3.05) is 16.8 Å². The SMILES string of the molecule is Nc1ccc2c(c1)[nH]c(=O)n2Cc1ccc(C(=O)Nc2ccccc2N)cc1. The van der Waals surface area contributed by atoms with Gasteiger partial charge in [0.1, 0.15) is 0 Å². The largest absolute Gasteiger partial charge is 0.399 e. The van der Waals surface area contributed by atoms with E-state index in [1.54, 1.807) is 47.0 Å². The molecule has 0 aliphatic heterocycles. The fraction of sp³-hybridized carbons (Fsp3) is 0.0476. The Bertz CT molecular complexity index is 1220. The first-order chi connectivity index (χ1) is 13.5. The molecule has 1 aromatic heterocycles. The molecule has 0 unspecified atom stereocenters. The lowest BCUT2D eigenvalue weighted by Crippen LogP contribution is -2.17. The van der Waals surface area contributed by atoms with Gasteiger partial charge in [0.2, 0.25) is 0 Å².